The summed E-state index contributed by atoms with van der Waals surface area (Å²) in [5, 5.41) is 5.37. The third-order valence-electron chi connectivity index (χ3n) is 3.23. The van der Waals surface area contributed by atoms with Crippen molar-refractivity contribution in [3.05, 3.63) is 65.3 Å². The van der Waals surface area contributed by atoms with Crippen LogP contribution in [0.25, 0.3) is 11.3 Å². The van der Waals surface area contributed by atoms with Crippen molar-refractivity contribution in [2.75, 3.05) is 12.4 Å². The molecule has 2 aromatic carbocycles. The largest absolute Gasteiger partial charge is 0.329 e. The minimum absolute atomic E-state index is 0.334. The van der Waals surface area contributed by atoms with Gasteiger partial charge in [0.2, 0.25) is 0 Å². The Bertz CT molecular complexity index is 866. The number of carbonyl (C=O) groups excluding carboxylic acids is 1. The molecule has 0 saturated heterocycles. The Morgan fingerprint density at radius 1 is 1.21 bits per heavy atom. The quantitative estimate of drug-likeness (QED) is 0.688. The Labute approximate surface area is 142 Å². The molecule has 0 spiro atoms. The van der Waals surface area contributed by atoms with Crippen LogP contribution in [0.4, 0.5) is 15.2 Å². The van der Waals surface area contributed by atoms with E-state index in [1.165, 1.54) is 24.5 Å². The van der Waals surface area contributed by atoms with Crippen LogP contribution < -0.4 is 10.8 Å². The number of anilines is 2. The highest BCUT2D eigenvalue weighted by Crippen LogP contribution is 2.28. The van der Waals surface area contributed by atoms with Gasteiger partial charge in [-0.3, -0.25) is 9.63 Å². The third-order valence-corrected chi connectivity index (χ3v) is 3.99. The van der Waals surface area contributed by atoms with Gasteiger partial charge in [-0.2, -0.15) is 0 Å². The van der Waals surface area contributed by atoms with Crippen LogP contribution in [0, 0.1) is 5.82 Å². The lowest BCUT2D eigenvalue weighted by Gasteiger charge is -2.04. The number of hydroxylamine groups is 1. The number of hydrogen-bond acceptors (Lipinski definition) is 5. The number of thiazole rings is 1. The summed E-state index contributed by atoms with van der Waals surface area (Å²) in [6.07, 6.45) is 0. The van der Waals surface area contributed by atoms with Gasteiger partial charge in [0.15, 0.2) is 5.13 Å². The molecule has 1 heterocycles. The van der Waals surface area contributed by atoms with Gasteiger partial charge in [-0.25, -0.2) is 14.9 Å². The molecule has 0 atom stereocenters. The van der Waals surface area contributed by atoms with E-state index >= 15 is 0 Å². The molecule has 2 N–H and O–H groups in total. The predicted molar refractivity (Wildman–Crippen MR) is 91.7 cm³/mol. The average molecular weight is 343 g/mol. The normalized spacial score (nSPS) is 10.4. The molecule has 24 heavy (non-hydrogen) atoms. The lowest BCUT2D eigenvalue weighted by Crippen LogP contribution is -2.21. The average Bonchev–Trinajstić information content (AvgIpc) is 3.06. The maximum Gasteiger partial charge on any atom is 0.274 e. The minimum Gasteiger partial charge on any atom is -0.329 e. The fourth-order valence-electron chi connectivity index (χ4n) is 2.11. The second-order valence-corrected chi connectivity index (χ2v) is 5.72. The summed E-state index contributed by atoms with van der Waals surface area (Å²) in [5.41, 5.74) is 4.59. The molecule has 5 nitrogen and oxygen atoms in total. The molecular weight excluding hydrogens is 329 g/mol. The van der Waals surface area contributed by atoms with E-state index in [4.69, 9.17) is 0 Å². The van der Waals surface area contributed by atoms with Gasteiger partial charge in [0, 0.05) is 16.5 Å². The van der Waals surface area contributed by atoms with Crippen molar-refractivity contribution >= 4 is 28.1 Å². The van der Waals surface area contributed by atoms with Crippen molar-refractivity contribution in [2.45, 2.75) is 0 Å². The Morgan fingerprint density at radius 2 is 2.04 bits per heavy atom. The maximum absolute atomic E-state index is 13.7. The minimum atomic E-state index is -0.340. The third kappa shape index (κ3) is 3.58. The summed E-state index contributed by atoms with van der Waals surface area (Å²) >= 11 is 1.36. The van der Waals surface area contributed by atoms with Crippen molar-refractivity contribution in [2.24, 2.45) is 0 Å². The van der Waals surface area contributed by atoms with Gasteiger partial charge in [0.05, 0.1) is 18.5 Å². The standard InChI is InChI=1S/C17H14FN3O2S/c1-23-21-16(22)12-6-4-5-11(9-12)15-10-24-17(20-15)19-14-8-3-2-7-13(14)18/h2-10H,1H3,(H,19,20)(H,21,22). The fourth-order valence-corrected chi connectivity index (χ4v) is 2.84. The van der Waals surface area contributed by atoms with Gasteiger partial charge in [-0.1, -0.05) is 24.3 Å². The van der Waals surface area contributed by atoms with Gasteiger partial charge >= 0.3 is 0 Å². The van der Waals surface area contributed by atoms with Crippen molar-refractivity contribution in [1.29, 1.82) is 0 Å². The van der Waals surface area contributed by atoms with Gasteiger partial charge < -0.3 is 5.32 Å². The van der Waals surface area contributed by atoms with Gasteiger partial charge in [-0.15, -0.1) is 11.3 Å². The molecule has 0 bridgehead atoms. The molecule has 3 rings (SSSR count). The zero-order valence-corrected chi connectivity index (χ0v) is 13.6. The number of amides is 1. The monoisotopic (exact) mass is 343 g/mol. The number of aromatic nitrogens is 1. The van der Waals surface area contributed by atoms with Crippen LogP contribution in [-0.4, -0.2) is 18.0 Å². The summed E-state index contributed by atoms with van der Waals surface area (Å²) in [4.78, 5) is 20.9. The Kier molecular flexibility index (Phi) is 4.83. The van der Waals surface area contributed by atoms with Crippen LogP contribution >= 0.6 is 11.3 Å². The van der Waals surface area contributed by atoms with Crippen molar-refractivity contribution < 1.29 is 14.0 Å². The van der Waals surface area contributed by atoms with Crippen molar-refractivity contribution in [3.8, 4) is 11.3 Å². The zero-order chi connectivity index (χ0) is 16.9. The van der Waals surface area contributed by atoms with E-state index in [9.17, 15) is 9.18 Å². The number of nitrogens with zero attached hydrogens (tertiary/aromatic N) is 1. The predicted octanol–water partition coefficient (Wildman–Crippen LogP) is 3.98. The number of hydrogen-bond donors (Lipinski definition) is 2. The van der Waals surface area contributed by atoms with E-state index in [0.29, 0.717) is 22.1 Å². The summed E-state index contributed by atoms with van der Waals surface area (Å²) in [6.45, 7) is 0. The zero-order valence-electron chi connectivity index (χ0n) is 12.7. The van der Waals surface area contributed by atoms with Crippen LogP contribution in [0.3, 0.4) is 0 Å². The van der Waals surface area contributed by atoms with Gasteiger partial charge in [0.25, 0.3) is 5.91 Å². The smallest absolute Gasteiger partial charge is 0.274 e. The Morgan fingerprint density at radius 3 is 2.83 bits per heavy atom. The van der Waals surface area contributed by atoms with E-state index in [0.717, 1.165) is 5.56 Å². The van der Waals surface area contributed by atoms with Crippen LogP contribution in [0.15, 0.2) is 53.9 Å². The summed E-state index contributed by atoms with van der Waals surface area (Å²) < 4.78 is 13.7. The van der Waals surface area contributed by atoms with Crippen molar-refractivity contribution in [3.63, 3.8) is 0 Å². The highest BCUT2D eigenvalue weighted by atomic mass is 32.1. The lowest BCUT2D eigenvalue weighted by atomic mass is 10.1. The molecule has 1 amide bonds. The Hall–Kier alpha value is -2.77. The molecule has 0 radical (unpaired) electrons. The molecule has 122 valence electrons. The van der Waals surface area contributed by atoms with Gasteiger partial charge in [0.1, 0.15) is 5.82 Å². The first-order valence-electron chi connectivity index (χ1n) is 7.08. The molecule has 0 aliphatic carbocycles. The fraction of sp³-hybridized carbons (Fsp3) is 0.0588. The molecule has 0 unspecified atom stereocenters. The molecule has 0 aliphatic rings. The van der Waals surface area contributed by atoms with Crippen LogP contribution in [0.5, 0.6) is 0 Å². The van der Waals surface area contributed by atoms with Crippen LogP contribution in [0.1, 0.15) is 10.4 Å². The highest BCUT2D eigenvalue weighted by Gasteiger charge is 2.10. The van der Waals surface area contributed by atoms with Gasteiger partial charge in [-0.05, 0) is 24.3 Å². The highest BCUT2D eigenvalue weighted by molar-refractivity contribution is 7.14. The second kappa shape index (κ2) is 7.20. The molecular formula is C17H14FN3O2S. The number of benzene rings is 2. The molecule has 0 fully saturated rings. The molecule has 0 aliphatic heterocycles. The molecule has 7 heteroatoms. The topological polar surface area (TPSA) is 63.2 Å². The van der Waals surface area contributed by atoms with E-state index in [1.807, 2.05) is 11.4 Å². The maximum atomic E-state index is 13.7. The van der Waals surface area contributed by atoms with Crippen LogP contribution in [0.2, 0.25) is 0 Å². The molecule has 0 saturated carbocycles. The SMILES string of the molecule is CONC(=O)c1cccc(-c2csc(Nc3ccccc3F)n2)c1. The first-order chi connectivity index (χ1) is 11.7. The van der Waals surface area contributed by atoms with E-state index in [-0.39, 0.29) is 11.7 Å². The van der Waals surface area contributed by atoms with E-state index in [2.05, 4.69) is 20.6 Å². The molecule has 3 aromatic rings. The lowest BCUT2D eigenvalue weighted by molar-refractivity contribution is 0.0537. The van der Waals surface area contributed by atoms with E-state index < -0.39 is 0 Å². The first kappa shape index (κ1) is 16.1. The number of carbonyl (C=O) groups is 1. The number of halogens is 1. The summed E-state index contributed by atoms with van der Waals surface area (Å²) in [6, 6.07) is 13.4. The second-order valence-electron chi connectivity index (χ2n) is 4.86. The number of rotatable bonds is 5. The van der Waals surface area contributed by atoms with Crippen molar-refractivity contribution in [1.82, 2.24) is 10.5 Å². The summed E-state index contributed by atoms with van der Waals surface area (Å²) in [7, 11) is 1.38. The number of para-hydroxylation sites is 1. The van der Waals surface area contributed by atoms with Crippen LogP contribution in [-0.2, 0) is 4.84 Å². The summed E-state index contributed by atoms with van der Waals surface area (Å²) in [5.74, 6) is -0.674. The molecule has 1 aromatic heterocycles. The number of nitrogens with one attached hydrogen (secondary N) is 2. The van der Waals surface area contributed by atoms with E-state index in [1.54, 1.807) is 36.4 Å². The Balaban J connectivity index is 1.82. The first-order valence-corrected chi connectivity index (χ1v) is 7.96.